The summed E-state index contributed by atoms with van der Waals surface area (Å²) in [5, 5.41) is 3.45. The first-order chi connectivity index (χ1) is 6.36. The van der Waals surface area contributed by atoms with Crippen LogP contribution in [0.2, 0.25) is 0 Å². The fourth-order valence-electron chi connectivity index (χ4n) is 2.29. The third kappa shape index (κ3) is 2.42. The first-order valence-corrected chi connectivity index (χ1v) is 5.37. The molecule has 2 aliphatic heterocycles. The number of nitrogens with one attached hydrogen (secondary N) is 1. The number of nitrogens with zero attached hydrogens (tertiary/aromatic N) is 1. The zero-order valence-corrected chi connectivity index (χ0v) is 8.46. The fraction of sp³-hybridized carbons (Fsp3) is 1.00. The average Bonchev–Trinajstić information content (AvgIpc) is 2.19. The van der Waals surface area contributed by atoms with Gasteiger partial charge in [0.25, 0.3) is 0 Å². The van der Waals surface area contributed by atoms with Crippen LogP contribution in [0.15, 0.2) is 0 Å². The van der Waals surface area contributed by atoms with E-state index in [2.05, 4.69) is 17.3 Å². The SMILES string of the molecule is CN1CCOC(C2CCCNC2)C1. The van der Waals surface area contributed by atoms with E-state index in [9.17, 15) is 0 Å². The number of piperidine rings is 1. The quantitative estimate of drug-likeness (QED) is 0.635. The summed E-state index contributed by atoms with van der Waals surface area (Å²) in [6, 6.07) is 0. The summed E-state index contributed by atoms with van der Waals surface area (Å²) in [7, 11) is 2.19. The van der Waals surface area contributed by atoms with E-state index in [-0.39, 0.29) is 0 Å². The normalized spacial score (nSPS) is 37.6. The largest absolute Gasteiger partial charge is 0.375 e. The van der Waals surface area contributed by atoms with Crippen LogP contribution in [-0.2, 0) is 4.74 Å². The van der Waals surface area contributed by atoms with Gasteiger partial charge < -0.3 is 15.0 Å². The Morgan fingerprint density at radius 3 is 3.08 bits per heavy atom. The van der Waals surface area contributed by atoms with E-state index in [1.807, 2.05) is 0 Å². The molecule has 2 aliphatic rings. The zero-order valence-electron chi connectivity index (χ0n) is 8.46. The molecule has 0 bridgehead atoms. The van der Waals surface area contributed by atoms with E-state index in [4.69, 9.17) is 4.74 Å². The van der Waals surface area contributed by atoms with Crippen LogP contribution in [0, 0.1) is 5.92 Å². The molecule has 0 amide bonds. The van der Waals surface area contributed by atoms with Gasteiger partial charge in [0.05, 0.1) is 12.7 Å². The van der Waals surface area contributed by atoms with Crippen molar-refractivity contribution in [2.24, 2.45) is 5.92 Å². The molecule has 0 aromatic rings. The highest BCUT2D eigenvalue weighted by molar-refractivity contribution is 4.81. The van der Waals surface area contributed by atoms with Gasteiger partial charge in [0, 0.05) is 19.6 Å². The molecule has 0 aromatic heterocycles. The van der Waals surface area contributed by atoms with E-state index in [0.29, 0.717) is 6.10 Å². The van der Waals surface area contributed by atoms with Gasteiger partial charge in [-0.3, -0.25) is 0 Å². The summed E-state index contributed by atoms with van der Waals surface area (Å²) in [5.74, 6) is 0.747. The molecule has 2 atom stereocenters. The van der Waals surface area contributed by atoms with E-state index in [1.165, 1.54) is 19.4 Å². The molecule has 0 aromatic carbocycles. The number of hydrogen-bond acceptors (Lipinski definition) is 3. The van der Waals surface area contributed by atoms with Gasteiger partial charge >= 0.3 is 0 Å². The van der Waals surface area contributed by atoms with Gasteiger partial charge in [0.1, 0.15) is 0 Å². The van der Waals surface area contributed by atoms with Gasteiger partial charge in [0.2, 0.25) is 0 Å². The van der Waals surface area contributed by atoms with Crippen molar-refractivity contribution in [1.29, 1.82) is 0 Å². The lowest BCUT2D eigenvalue weighted by molar-refractivity contribution is -0.0545. The summed E-state index contributed by atoms with van der Waals surface area (Å²) in [6.07, 6.45) is 3.13. The van der Waals surface area contributed by atoms with Crippen LogP contribution in [0.1, 0.15) is 12.8 Å². The van der Waals surface area contributed by atoms with Crippen LogP contribution in [0.4, 0.5) is 0 Å². The highest BCUT2D eigenvalue weighted by atomic mass is 16.5. The van der Waals surface area contributed by atoms with Crippen LogP contribution in [0.3, 0.4) is 0 Å². The highest BCUT2D eigenvalue weighted by Crippen LogP contribution is 2.19. The Labute approximate surface area is 80.4 Å². The third-order valence-electron chi connectivity index (χ3n) is 3.16. The number of rotatable bonds is 1. The first-order valence-electron chi connectivity index (χ1n) is 5.37. The Bertz CT molecular complexity index is 157. The van der Waals surface area contributed by atoms with E-state index < -0.39 is 0 Å². The van der Waals surface area contributed by atoms with Crippen LogP contribution in [-0.4, -0.2) is 50.8 Å². The standard InChI is InChI=1S/C10H20N2O/c1-12-5-6-13-10(8-12)9-3-2-4-11-7-9/h9-11H,2-8H2,1H3. The Morgan fingerprint density at radius 1 is 1.46 bits per heavy atom. The maximum atomic E-state index is 5.81. The number of ether oxygens (including phenoxy) is 1. The first kappa shape index (κ1) is 9.44. The molecule has 2 heterocycles. The molecule has 1 N–H and O–H groups in total. The predicted molar refractivity (Wildman–Crippen MR) is 52.8 cm³/mol. The van der Waals surface area contributed by atoms with E-state index in [1.54, 1.807) is 0 Å². The smallest absolute Gasteiger partial charge is 0.0742 e. The molecule has 2 unspecified atom stereocenters. The second-order valence-electron chi connectivity index (χ2n) is 4.28. The predicted octanol–water partition coefficient (Wildman–Crippen LogP) is 0.317. The number of likely N-dealkylation sites (N-methyl/N-ethyl adjacent to an activating group) is 1. The van der Waals surface area contributed by atoms with Crippen molar-refractivity contribution >= 4 is 0 Å². The minimum absolute atomic E-state index is 0.478. The summed E-state index contributed by atoms with van der Waals surface area (Å²) >= 11 is 0. The zero-order chi connectivity index (χ0) is 9.10. The number of morpholine rings is 1. The molecule has 0 radical (unpaired) electrons. The van der Waals surface area contributed by atoms with Crippen LogP contribution in [0.5, 0.6) is 0 Å². The topological polar surface area (TPSA) is 24.5 Å². The molecule has 2 saturated heterocycles. The third-order valence-corrected chi connectivity index (χ3v) is 3.16. The molecule has 0 saturated carbocycles. The van der Waals surface area contributed by atoms with Gasteiger partial charge in [-0.05, 0) is 32.4 Å². The fourth-order valence-corrected chi connectivity index (χ4v) is 2.29. The van der Waals surface area contributed by atoms with Crippen molar-refractivity contribution in [3.63, 3.8) is 0 Å². The lowest BCUT2D eigenvalue weighted by Gasteiger charge is -2.37. The van der Waals surface area contributed by atoms with Crippen LogP contribution >= 0.6 is 0 Å². The minimum Gasteiger partial charge on any atom is -0.375 e. The monoisotopic (exact) mass is 184 g/mol. The molecule has 2 rings (SSSR count). The molecular formula is C10H20N2O. The van der Waals surface area contributed by atoms with E-state index >= 15 is 0 Å². The summed E-state index contributed by atoms with van der Waals surface area (Å²) in [6.45, 7) is 5.47. The van der Waals surface area contributed by atoms with Gasteiger partial charge in [-0.2, -0.15) is 0 Å². The van der Waals surface area contributed by atoms with Gasteiger partial charge in [-0.1, -0.05) is 0 Å². The van der Waals surface area contributed by atoms with Crippen LogP contribution in [0.25, 0.3) is 0 Å². The van der Waals surface area contributed by atoms with Crippen LogP contribution < -0.4 is 5.32 Å². The maximum absolute atomic E-state index is 5.81. The van der Waals surface area contributed by atoms with Crippen molar-refractivity contribution < 1.29 is 4.74 Å². The van der Waals surface area contributed by atoms with Crippen molar-refractivity contribution in [2.45, 2.75) is 18.9 Å². The summed E-state index contributed by atoms with van der Waals surface area (Å²) in [5.41, 5.74) is 0. The Kier molecular flexibility index (Phi) is 3.19. The van der Waals surface area contributed by atoms with Crippen molar-refractivity contribution in [3.8, 4) is 0 Å². The Hall–Kier alpha value is -0.120. The number of hydrogen-bond donors (Lipinski definition) is 1. The minimum atomic E-state index is 0.478. The average molecular weight is 184 g/mol. The molecule has 13 heavy (non-hydrogen) atoms. The molecule has 3 heteroatoms. The Balaban J connectivity index is 1.83. The lowest BCUT2D eigenvalue weighted by Crippen LogP contribution is -2.47. The molecule has 2 fully saturated rings. The second-order valence-corrected chi connectivity index (χ2v) is 4.28. The molecule has 0 spiro atoms. The van der Waals surface area contributed by atoms with Gasteiger partial charge in [0.15, 0.2) is 0 Å². The van der Waals surface area contributed by atoms with Crippen molar-refractivity contribution in [3.05, 3.63) is 0 Å². The molecule has 3 nitrogen and oxygen atoms in total. The van der Waals surface area contributed by atoms with Gasteiger partial charge in [-0.15, -0.1) is 0 Å². The Morgan fingerprint density at radius 2 is 2.38 bits per heavy atom. The van der Waals surface area contributed by atoms with Crippen molar-refractivity contribution in [1.82, 2.24) is 10.2 Å². The highest BCUT2D eigenvalue weighted by Gasteiger charge is 2.27. The van der Waals surface area contributed by atoms with Gasteiger partial charge in [-0.25, -0.2) is 0 Å². The lowest BCUT2D eigenvalue weighted by atomic mass is 9.93. The summed E-state index contributed by atoms with van der Waals surface area (Å²) < 4.78 is 5.81. The molecular weight excluding hydrogens is 164 g/mol. The second kappa shape index (κ2) is 4.40. The van der Waals surface area contributed by atoms with E-state index in [0.717, 1.165) is 32.2 Å². The van der Waals surface area contributed by atoms with Crippen molar-refractivity contribution in [2.75, 3.05) is 39.8 Å². The summed E-state index contributed by atoms with van der Waals surface area (Å²) in [4.78, 5) is 2.38. The maximum Gasteiger partial charge on any atom is 0.0742 e. The molecule has 76 valence electrons. The molecule has 0 aliphatic carbocycles.